The third kappa shape index (κ3) is 3.03. The van der Waals surface area contributed by atoms with Crippen LogP contribution in [0.5, 0.6) is 0 Å². The molecule has 1 fully saturated rings. The van der Waals surface area contributed by atoms with Crippen LogP contribution in [0.4, 0.5) is 0 Å². The summed E-state index contributed by atoms with van der Waals surface area (Å²) in [5, 5.41) is 3.91. The Bertz CT molecular complexity index is 1010. The predicted molar refractivity (Wildman–Crippen MR) is 96.0 cm³/mol. The first-order chi connectivity index (χ1) is 12.5. The van der Waals surface area contributed by atoms with Gasteiger partial charge in [0.1, 0.15) is 0 Å². The number of hydrogen-bond donors (Lipinski definition) is 1. The number of nitrogens with one attached hydrogen (secondary N) is 1. The van der Waals surface area contributed by atoms with Gasteiger partial charge in [0.05, 0.1) is 23.3 Å². The van der Waals surface area contributed by atoms with Gasteiger partial charge < -0.3 is 14.4 Å². The summed E-state index contributed by atoms with van der Waals surface area (Å²) < 4.78 is 6.78. The maximum atomic E-state index is 12.8. The summed E-state index contributed by atoms with van der Waals surface area (Å²) in [5.74, 6) is 0.844. The molecule has 0 unspecified atom stereocenters. The number of piperazine rings is 1. The van der Waals surface area contributed by atoms with Crippen LogP contribution in [0.25, 0.3) is 11.0 Å². The number of carbonyl (C=O) groups excluding carboxylic acids is 1. The van der Waals surface area contributed by atoms with Gasteiger partial charge >= 0.3 is 5.69 Å². The highest BCUT2D eigenvalue weighted by Crippen LogP contribution is 2.16. The van der Waals surface area contributed by atoms with E-state index in [1.54, 1.807) is 25.2 Å². The van der Waals surface area contributed by atoms with Gasteiger partial charge in [-0.2, -0.15) is 0 Å². The molecule has 0 bridgehead atoms. The van der Waals surface area contributed by atoms with Crippen LogP contribution in [0.2, 0.25) is 0 Å². The number of amides is 1. The highest BCUT2D eigenvalue weighted by Gasteiger charge is 2.23. The van der Waals surface area contributed by atoms with Crippen molar-refractivity contribution in [2.45, 2.75) is 13.5 Å². The Balaban J connectivity index is 1.43. The molecule has 4 rings (SSSR count). The summed E-state index contributed by atoms with van der Waals surface area (Å²) in [4.78, 5) is 31.4. The van der Waals surface area contributed by atoms with Crippen LogP contribution in [-0.2, 0) is 13.6 Å². The van der Waals surface area contributed by atoms with E-state index in [4.69, 9.17) is 4.52 Å². The van der Waals surface area contributed by atoms with E-state index in [9.17, 15) is 9.59 Å². The summed E-state index contributed by atoms with van der Waals surface area (Å²) in [6.07, 6.45) is 0. The van der Waals surface area contributed by atoms with Crippen molar-refractivity contribution < 1.29 is 9.32 Å². The van der Waals surface area contributed by atoms with Gasteiger partial charge in [0.15, 0.2) is 5.76 Å². The Labute approximate surface area is 150 Å². The monoisotopic (exact) mass is 355 g/mol. The third-order valence-electron chi connectivity index (χ3n) is 4.87. The molecule has 1 amide bonds. The molecule has 1 aromatic carbocycles. The van der Waals surface area contributed by atoms with Gasteiger partial charge in [-0.05, 0) is 25.1 Å². The van der Waals surface area contributed by atoms with E-state index in [1.807, 2.05) is 17.9 Å². The number of aromatic amines is 1. The molecular weight excluding hydrogens is 334 g/mol. The summed E-state index contributed by atoms with van der Waals surface area (Å²) in [7, 11) is 1.69. The molecule has 1 N–H and O–H groups in total. The smallest absolute Gasteiger partial charge is 0.326 e. The number of rotatable bonds is 3. The summed E-state index contributed by atoms with van der Waals surface area (Å²) in [5.41, 5.74) is 2.78. The van der Waals surface area contributed by atoms with E-state index in [0.29, 0.717) is 25.2 Å². The molecule has 0 spiro atoms. The lowest BCUT2D eigenvalue weighted by molar-refractivity contribution is 0.0617. The molecule has 136 valence electrons. The highest BCUT2D eigenvalue weighted by molar-refractivity contribution is 5.97. The second-order valence-corrected chi connectivity index (χ2v) is 6.72. The second kappa shape index (κ2) is 6.45. The average Bonchev–Trinajstić information content (AvgIpc) is 3.18. The highest BCUT2D eigenvalue weighted by atomic mass is 16.5. The number of carbonyl (C=O) groups is 1. The SMILES string of the molecule is Cc1cc(CN2CCN(C(=O)c3ccc4[nH]c(=O)n(C)c4c3)CC2)on1. The van der Waals surface area contributed by atoms with E-state index < -0.39 is 0 Å². The van der Waals surface area contributed by atoms with Crippen molar-refractivity contribution in [2.24, 2.45) is 7.05 Å². The molecule has 0 saturated carbocycles. The molecule has 3 heterocycles. The van der Waals surface area contributed by atoms with Gasteiger partial charge in [-0.15, -0.1) is 0 Å². The lowest BCUT2D eigenvalue weighted by Crippen LogP contribution is -2.48. The first-order valence-electron chi connectivity index (χ1n) is 8.64. The van der Waals surface area contributed by atoms with Crippen LogP contribution in [0.1, 0.15) is 21.8 Å². The van der Waals surface area contributed by atoms with Gasteiger partial charge in [-0.25, -0.2) is 4.79 Å². The lowest BCUT2D eigenvalue weighted by Gasteiger charge is -2.34. The number of aromatic nitrogens is 3. The topological polar surface area (TPSA) is 87.4 Å². The Hall–Kier alpha value is -2.87. The van der Waals surface area contributed by atoms with Crippen LogP contribution < -0.4 is 5.69 Å². The standard InChI is InChI=1S/C18H21N5O3/c1-12-9-14(26-20-12)11-22-5-7-23(8-6-22)17(24)13-3-4-15-16(10-13)21(2)18(25)19-15/h3-4,9-10H,5-8,11H2,1-2H3,(H,19,25). The molecule has 3 aromatic rings. The number of fused-ring (bicyclic) bond motifs is 1. The van der Waals surface area contributed by atoms with E-state index >= 15 is 0 Å². The van der Waals surface area contributed by atoms with Gasteiger partial charge in [-0.3, -0.25) is 14.3 Å². The predicted octanol–water partition coefficient (Wildman–Crippen LogP) is 1.12. The number of benzene rings is 1. The van der Waals surface area contributed by atoms with E-state index in [0.717, 1.165) is 35.6 Å². The minimum atomic E-state index is -0.180. The summed E-state index contributed by atoms with van der Waals surface area (Å²) in [6.45, 7) is 5.51. The zero-order valence-electron chi connectivity index (χ0n) is 14.9. The van der Waals surface area contributed by atoms with Crippen molar-refractivity contribution in [1.29, 1.82) is 0 Å². The molecule has 0 atom stereocenters. The van der Waals surface area contributed by atoms with Gasteiger partial charge in [0, 0.05) is 44.9 Å². The zero-order valence-corrected chi connectivity index (χ0v) is 14.9. The van der Waals surface area contributed by atoms with Gasteiger partial charge in [-0.1, -0.05) is 5.16 Å². The molecule has 8 heteroatoms. The number of imidazole rings is 1. The van der Waals surface area contributed by atoms with Crippen molar-refractivity contribution >= 4 is 16.9 Å². The minimum absolute atomic E-state index is 0.00397. The third-order valence-corrected chi connectivity index (χ3v) is 4.87. The number of H-pyrrole nitrogens is 1. The Morgan fingerprint density at radius 2 is 2.00 bits per heavy atom. The van der Waals surface area contributed by atoms with Crippen molar-refractivity contribution in [3.05, 3.63) is 51.8 Å². The largest absolute Gasteiger partial charge is 0.360 e. The van der Waals surface area contributed by atoms with E-state index in [2.05, 4.69) is 15.0 Å². The molecule has 1 saturated heterocycles. The van der Waals surface area contributed by atoms with Crippen LogP contribution in [0.3, 0.4) is 0 Å². The molecule has 2 aromatic heterocycles. The zero-order chi connectivity index (χ0) is 18.3. The maximum absolute atomic E-state index is 12.8. The maximum Gasteiger partial charge on any atom is 0.326 e. The van der Waals surface area contributed by atoms with Gasteiger partial charge in [0.2, 0.25) is 0 Å². The molecule has 1 aliphatic rings. The van der Waals surface area contributed by atoms with Crippen molar-refractivity contribution in [1.82, 2.24) is 24.5 Å². The Morgan fingerprint density at radius 1 is 1.23 bits per heavy atom. The lowest BCUT2D eigenvalue weighted by atomic mass is 10.1. The molecule has 0 aliphatic carbocycles. The molecule has 26 heavy (non-hydrogen) atoms. The van der Waals surface area contributed by atoms with Crippen LogP contribution in [0, 0.1) is 6.92 Å². The molecule has 8 nitrogen and oxygen atoms in total. The fourth-order valence-electron chi connectivity index (χ4n) is 3.36. The quantitative estimate of drug-likeness (QED) is 0.761. The van der Waals surface area contributed by atoms with Crippen molar-refractivity contribution in [3.8, 4) is 0 Å². The minimum Gasteiger partial charge on any atom is -0.360 e. The van der Waals surface area contributed by atoms with Crippen LogP contribution in [-0.4, -0.2) is 56.6 Å². The molecule has 1 aliphatic heterocycles. The normalized spacial score (nSPS) is 15.7. The summed E-state index contributed by atoms with van der Waals surface area (Å²) >= 11 is 0. The molecular formula is C18H21N5O3. The van der Waals surface area contributed by atoms with Crippen molar-refractivity contribution in [3.63, 3.8) is 0 Å². The van der Waals surface area contributed by atoms with Crippen LogP contribution >= 0.6 is 0 Å². The van der Waals surface area contributed by atoms with Crippen molar-refractivity contribution in [2.75, 3.05) is 26.2 Å². The number of hydrogen-bond acceptors (Lipinski definition) is 5. The van der Waals surface area contributed by atoms with E-state index in [1.165, 1.54) is 4.57 Å². The Morgan fingerprint density at radius 3 is 2.69 bits per heavy atom. The van der Waals surface area contributed by atoms with Gasteiger partial charge in [0.25, 0.3) is 5.91 Å². The van der Waals surface area contributed by atoms with E-state index in [-0.39, 0.29) is 11.6 Å². The first kappa shape index (κ1) is 16.6. The molecule has 0 radical (unpaired) electrons. The van der Waals surface area contributed by atoms with Crippen LogP contribution in [0.15, 0.2) is 33.6 Å². The first-order valence-corrected chi connectivity index (χ1v) is 8.64. The Kier molecular flexibility index (Phi) is 4.12. The number of nitrogens with zero attached hydrogens (tertiary/aromatic N) is 4. The number of aryl methyl sites for hydroxylation is 2. The summed E-state index contributed by atoms with van der Waals surface area (Å²) in [6, 6.07) is 7.27. The second-order valence-electron chi connectivity index (χ2n) is 6.72. The fraction of sp³-hybridized carbons (Fsp3) is 0.389. The fourth-order valence-corrected chi connectivity index (χ4v) is 3.36. The average molecular weight is 355 g/mol.